The third-order valence-corrected chi connectivity index (χ3v) is 4.60. The van der Waals surface area contributed by atoms with Gasteiger partial charge in [-0.1, -0.05) is 6.07 Å². The van der Waals surface area contributed by atoms with Crippen LogP contribution in [0.1, 0.15) is 36.8 Å². The van der Waals surface area contributed by atoms with Crippen LogP contribution in [0.2, 0.25) is 0 Å². The summed E-state index contributed by atoms with van der Waals surface area (Å²) in [5.41, 5.74) is 4.76. The molecule has 3 nitrogen and oxygen atoms in total. The van der Waals surface area contributed by atoms with Gasteiger partial charge in [0.25, 0.3) is 5.17 Å². The number of Topliss-reactive ketones (excluding diaryl/α,β-unsaturated/α-hetero) is 1. The average Bonchev–Trinajstić information content (AvgIpc) is 2.89. The Bertz CT molecular complexity index is 646. The van der Waals surface area contributed by atoms with Crippen molar-refractivity contribution in [2.24, 2.45) is 0 Å². The molecule has 2 aliphatic carbocycles. The number of thiocarbonyl (C=S) groups is 1. The second kappa shape index (κ2) is 5.60. The van der Waals surface area contributed by atoms with Crippen LogP contribution >= 0.6 is 12.2 Å². The molecule has 4 heteroatoms. The van der Waals surface area contributed by atoms with E-state index in [0.29, 0.717) is 17.4 Å². The van der Waals surface area contributed by atoms with Gasteiger partial charge in [-0.15, -0.1) is 0 Å². The smallest absolute Gasteiger partial charge is 0.264 e. The molecule has 0 amide bonds. The molecule has 0 atom stereocenters. The first-order valence-electron chi connectivity index (χ1n) is 7.34. The first kappa shape index (κ1) is 14.3. The van der Waals surface area contributed by atoms with E-state index in [4.69, 9.17) is 17.0 Å². The number of carbonyl (C=O) groups is 1. The Morgan fingerprint density at radius 3 is 2.67 bits per heavy atom. The Kier molecular flexibility index (Phi) is 3.81. The van der Waals surface area contributed by atoms with Crippen molar-refractivity contribution < 1.29 is 9.53 Å². The first-order chi connectivity index (χ1) is 10.1. The molecule has 2 aliphatic rings. The lowest BCUT2D eigenvalue weighted by molar-refractivity contribution is -0.115. The van der Waals surface area contributed by atoms with E-state index in [1.807, 2.05) is 26.2 Å². The number of ether oxygens (including phenoxy) is 1. The van der Waals surface area contributed by atoms with E-state index in [2.05, 4.69) is 6.07 Å². The van der Waals surface area contributed by atoms with Crippen LogP contribution in [-0.2, 0) is 11.2 Å². The zero-order valence-corrected chi connectivity index (χ0v) is 13.3. The van der Waals surface area contributed by atoms with Crippen LogP contribution in [0.25, 0.3) is 5.57 Å². The highest BCUT2D eigenvalue weighted by Crippen LogP contribution is 2.40. The standard InChI is InChI=1S/C17H19NO2S/c1-18(2)17(21)20-12-7-8-13-11(10-12)6-9-16(19)15-5-3-4-14(13)15/h7-8,10H,3-6,9H2,1-2H3. The van der Waals surface area contributed by atoms with E-state index < -0.39 is 0 Å². The molecule has 0 N–H and O–H groups in total. The highest BCUT2D eigenvalue weighted by molar-refractivity contribution is 7.80. The third kappa shape index (κ3) is 2.72. The monoisotopic (exact) mass is 301 g/mol. The summed E-state index contributed by atoms with van der Waals surface area (Å²) in [6.07, 6.45) is 4.44. The topological polar surface area (TPSA) is 29.5 Å². The lowest BCUT2D eigenvalue weighted by Crippen LogP contribution is -2.25. The van der Waals surface area contributed by atoms with Crippen LogP contribution in [0, 0.1) is 0 Å². The molecule has 0 heterocycles. The normalized spacial score (nSPS) is 17.1. The maximum atomic E-state index is 12.2. The number of fused-ring (bicyclic) bond motifs is 2. The van der Waals surface area contributed by atoms with E-state index in [1.165, 1.54) is 16.7 Å². The molecule has 1 aromatic carbocycles. The van der Waals surface area contributed by atoms with Crippen molar-refractivity contribution in [3.8, 4) is 5.75 Å². The van der Waals surface area contributed by atoms with Crippen LogP contribution in [0.5, 0.6) is 5.75 Å². The van der Waals surface area contributed by atoms with E-state index in [0.717, 1.165) is 37.0 Å². The van der Waals surface area contributed by atoms with Crippen LogP contribution in [0.4, 0.5) is 0 Å². The summed E-state index contributed by atoms with van der Waals surface area (Å²) in [6.45, 7) is 0. The fourth-order valence-electron chi connectivity index (χ4n) is 3.07. The molecule has 0 fully saturated rings. The number of allylic oxidation sites excluding steroid dienone is 2. The molecule has 0 aromatic heterocycles. The summed E-state index contributed by atoms with van der Waals surface area (Å²) in [5.74, 6) is 1.08. The molecule has 21 heavy (non-hydrogen) atoms. The van der Waals surface area contributed by atoms with Crippen LogP contribution in [-0.4, -0.2) is 30.0 Å². The number of nitrogens with zero attached hydrogens (tertiary/aromatic N) is 1. The van der Waals surface area contributed by atoms with Crippen molar-refractivity contribution in [3.63, 3.8) is 0 Å². The van der Waals surface area contributed by atoms with Gasteiger partial charge in [0.15, 0.2) is 5.78 Å². The van der Waals surface area contributed by atoms with Crippen LogP contribution < -0.4 is 4.74 Å². The number of hydrogen-bond acceptors (Lipinski definition) is 3. The maximum absolute atomic E-state index is 12.2. The zero-order chi connectivity index (χ0) is 15.0. The predicted octanol–water partition coefficient (Wildman–Crippen LogP) is 3.36. The Hall–Kier alpha value is -1.68. The molecule has 3 rings (SSSR count). The van der Waals surface area contributed by atoms with E-state index in [9.17, 15) is 4.79 Å². The fraction of sp³-hybridized carbons (Fsp3) is 0.412. The minimum Gasteiger partial charge on any atom is -0.432 e. The van der Waals surface area contributed by atoms with Crippen molar-refractivity contribution in [2.45, 2.75) is 32.1 Å². The number of aryl methyl sites for hydroxylation is 1. The first-order valence-corrected chi connectivity index (χ1v) is 7.75. The Morgan fingerprint density at radius 2 is 1.90 bits per heavy atom. The van der Waals surface area contributed by atoms with Gasteiger partial charge in [-0.25, -0.2) is 0 Å². The quantitative estimate of drug-likeness (QED) is 0.744. The molecule has 0 bridgehead atoms. The molecule has 0 spiro atoms. The molecular weight excluding hydrogens is 282 g/mol. The van der Waals surface area contributed by atoms with Gasteiger partial charge in [0, 0.05) is 20.5 Å². The van der Waals surface area contributed by atoms with Gasteiger partial charge in [0.05, 0.1) is 0 Å². The largest absolute Gasteiger partial charge is 0.432 e. The van der Waals surface area contributed by atoms with Gasteiger partial charge < -0.3 is 9.64 Å². The molecule has 0 saturated heterocycles. The Morgan fingerprint density at radius 1 is 1.14 bits per heavy atom. The minimum atomic E-state index is 0.324. The highest BCUT2D eigenvalue weighted by Gasteiger charge is 2.26. The number of benzene rings is 1. The molecule has 110 valence electrons. The van der Waals surface area contributed by atoms with Gasteiger partial charge in [-0.2, -0.15) is 0 Å². The SMILES string of the molecule is CN(C)C(=S)Oc1ccc2c(c1)CCC(=O)C1=C2CCC1. The Labute approximate surface area is 130 Å². The summed E-state index contributed by atoms with van der Waals surface area (Å²) in [6, 6.07) is 6.07. The maximum Gasteiger partial charge on any atom is 0.264 e. The van der Waals surface area contributed by atoms with Crippen molar-refractivity contribution in [1.82, 2.24) is 4.90 Å². The van der Waals surface area contributed by atoms with Crippen molar-refractivity contribution >= 4 is 28.7 Å². The third-order valence-electron chi connectivity index (χ3n) is 4.15. The number of rotatable bonds is 1. The van der Waals surface area contributed by atoms with Gasteiger partial charge in [-0.05, 0) is 72.3 Å². The molecule has 1 aromatic rings. The lowest BCUT2D eigenvalue weighted by Gasteiger charge is -2.16. The van der Waals surface area contributed by atoms with E-state index in [1.54, 1.807) is 4.90 Å². The minimum absolute atomic E-state index is 0.324. The summed E-state index contributed by atoms with van der Waals surface area (Å²) in [5, 5.41) is 0.445. The van der Waals surface area contributed by atoms with E-state index in [-0.39, 0.29) is 0 Å². The molecular formula is C17H19NO2S. The van der Waals surface area contributed by atoms with Gasteiger partial charge in [0.1, 0.15) is 5.75 Å². The average molecular weight is 301 g/mol. The summed E-state index contributed by atoms with van der Waals surface area (Å²) in [7, 11) is 3.72. The molecule has 0 saturated carbocycles. The second-order valence-corrected chi connectivity index (χ2v) is 6.16. The lowest BCUT2D eigenvalue weighted by atomic mass is 9.97. The second-order valence-electron chi connectivity index (χ2n) is 5.82. The van der Waals surface area contributed by atoms with Crippen molar-refractivity contribution in [2.75, 3.05) is 14.1 Å². The number of hydrogen-bond donors (Lipinski definition) is 0. The van der Waals surface area contributed by atoms with E-state index >= 15 is 0 Å². The summed E-state index contributed by atoms with van der Waals surface area (Å²) >= 11 is 5.18. The van der Waals surface area contributed by atoms with Crippen LogP contribution in [0.15, 0.2) is 23.8 Å². The highest BCUT2D eigenvalue weighted by atomic mass is 32.1. The number of ketones is 1. The predicted molar refractivity (Wildman–Crippen MR) is 87.5 cm³/mol. The van der Waals surface area contributed by atoms with Crippen molar-refractivity contribution in [3.05, 3.63) is 34.9 Å². The molecule has 0 unspecified atom stereocenters. The van der Waals surface area contributed by atoms with Crippen molar-refractivity contribution in [1.29, 1.82) is 0 Å². The summed E-state index contributed by atoms with van der Waals surface area (Å²) < 4.78 is 5.68. The Balaban J connectivity index is 1.94. The number of carbonyl (C=O) groups excluding carboxylic acids is 1. The fourth-order valence-corrected chi connectivity index (χ4v) is 3.17. The van der Waals surface area contributed by atoms with Gasteiger partial charge >= 0.3 is 0 Å². The molecule has 0 aliphatic heterocycles. The van der Waals surface area contributed by atoms with Gasteiger partial charge in [-0.3, -0.25) is 4.79 Å². The van der Waals surface area contributed by atoms with Gasteiger partial charge in [0.2, 0.25) is 0 Å². The van der Waals surface area contributed by atoms with Crippen LogP contribution in [0.3, 0.4) is 0 Å². The zero-order valence-electron chi connectivity index (χ0n) is 12.4. The molecule has 0 radical (unpaired) electrons. The summed E-state index contributed by atoms with van der Waals surface area (Å²) in [4.78, 5) is 14.0.